The molecule has 0 radical (unpaired) electrons. The minimum absolute atomic E-state index is 0.269. The molecule has 0 aromatic heterocycles. The molecule has 0 saturated heterocycles. The average Bonchev–Trinajstić information content (AvgIpc) is 2.12. The Bertz CT molecular complexity index is 148. The summed E-state index contributed by atoms with van der Waals surface area (Å²) in [5.74, 6) is 0. The van der Waals surface area contributed by atoms with E-state index in [0.29, 0.717) is 0 Å². The predicted octanol–water partition coefficient (Wildman–Crippen LogP) is 0.703. The Balaban J connectivity index is 2.62. The predicted molar refractivity (Wildman–Crippen MR) is 32.8 cm³/mol. The Morgan fingerprint density at radius 2 is 1.88 bits per heavy atom. The van der Waals surface area contributed by atoms with Gasteiger partial charge >= 0.3 is 0 Å². The van der Waals surface area contributed by atoms with Crippen molar-refractivity contribution in [3.8, 4) is 0 Å². The van der Waals surface area contributed by atoms with Crippen LogP contribution < -0.4 is 0 Å². The largest absolute Gasteiger partial charge is 0.305 e. The lowest BCUT2D eigenvalue weighted by Gasteiger charge is -1.93. The molecular weight excluding hydrogens is 124 g/mol. The molecule has 2 nitrogen and oxygen atoms in total. The molecule has 0 amide bonds. The molecule has 44 valence electrons. The van der Waals surface area contributed by atoms with Crippen LogP contribution in [0.15, 0.2) is 24.3 Å². The van der Waals surface area contributed by atoms with Gasteiger partial charge in [0.1, 0.15) is 0 Å². The Kier molecular flexibility index (Phi) is 1.60. The molecule has 8 heavy (non-hydrogen) atoms. The highest BCUT2D eigenvalue weighted by Crippen LogP contribution is 2.04. The Labute approximate surface area is 50.2 Å². The summed E-state index contributed by atoms with van der Waals surface area (Å²) in [6.45, 7) is 0. The highest BCUT2D eigenvalue weighted by Gasteiger charge is 2.07. The van der Waals surface area contributed by atoms with E-state index < -0.39 is 11.1 Å². The highest BCUT2D eigenvalue weighted by molar-refractivity contribution is 7.80. The van der Waals surface area contributed by atoms with Crippen LogP contribution in [0.3, 0.4) is 0 Å². The van der Waals surface area contributed by atoms with Crippen LogP contribution in [0.1, 0.15) is 0 Å². The first-order valence-corrected chi connectivity index (χ1v) is 3.42. The van der Waals surface area contributed by atoms with Gasteiger partial charge in [0.2, 0.25) is 0 Å². The van der Waals surface area contributed by atoms with E-state index >= 15 is 0 Å². The summed E-state index contributed by atoms with van der Waals surface area (Å²) in [7, 11) is 0. The van der Waals surface area contributed by atoms with Gasteiger partial charge in [0.15, 0.2) is 11.1 Å². The fraction of sp³-hybridized carbons (Fsp3) is 0.200. The molecular formula is C5H6O2S. The van der Waals surface area contributed by atoms with Crippen LogP contribution in [0.25, 0.3) is 0 Å². The maximum absolute atomic E-state index is 10.2. The van der Waals surface area contributed by atoms with Gasteiger partial charge in [-0.3, -0.25) is 0 Å². The molecule has 0 bridgehead atoms. The van der Waals surface area contributed by atoms with Crippen molar-refractivity contribution < 1.29 is 8.76 Å². The maximum Gasteiger partial charge on any atom is 0.163 e. The first kappa shape index (κ1) is 5.72. The van der Waals surface area contributed by atoms with Gasteiger partial charge in [-0.05, 0) is 0 Å². The van der Waals surface area contributed by atoms with Gasteiger partial charge in [0, 0.05) is 0 Å². The van der Waals surface area contributed by atoms with Gasteiger partial charge in [0.05, 0.1) is 5.25 Å². The summed E-state index contributed by atoms with van der Waals surface area (Å²) in [6, 6.07) is 0. The molecule has 1 unspecified atom stereocenters. The lowest BCUT2D eigenvalue weighted by molar-refractivity contribution is 0.562. The molecule has 3 heteroatoms. The molecule has 0 aliphatic heterocycles. The lowest BCUT2D eigenvalue weighted by atomic mass is 10.5. The molecule has 1 aliphatic carbocycles. The third kappa shape index (κ3) is 1.05. The van der Waals surface area contributed by atoms with Gasteiger partial charge < -0.3 is 4.55 Å². The van der Waals surface area contributed by atoms with Crippen molar-refractivity contribution in [2.45, 2.75) is 5.25 Å². The van der Waals surface area contributed by atoms with E-state index in [2.05, 4.69) is 0 Å². The minimum Gasteiger partial charge on any atom is -0.305 e. The van der Waals surface area contributed by atoms with Crippen molar-refractivity contribution >= 4 is 11.1 Å². The lowest BCUT2D eigenvalue weighted by Crippen LogP contribution is -2.04. The zero-order valence-corrected chi connectivity index (χ0v) is 4.97. The summed E-state index contributed by atoms with van der Waals surface area (Å²) >= 11 is -1.71. The molecule has 1 aliphatic rings. The van der Waals surface area contributed by atoms with Crippen molar-refractivity contribution in [3.63, 3.8) is 0 Å². The first-order chi connectivity index (χ1) is 3.80. The van der Waals surface area contributed by atoms with Crippen LogP contribution in [0.2, 0.25) is 0 Å². The van der Waals surface area contributed by atoms with Gasteiger partial charge in [-0.2, -0.15) is 0 Å². The molecule has 1 rings (SSSR count). The van der Waals surface area contributed by atoms with E-state index in [9.17, 15) is 4.21 Å². The molecule has 0 saturated carbocycles. The number of rotatable bonds is 1. The van der Waals surface area contributed by atoms with Crippen molar-refractivity contribution in [3.05, 3.63) is 24.3 Å². The van der Waals surface area contributed by atoms with Crippen molar-refractivity contribution in [1.29, 1.82) is 0 Å². The fourth-order valence-corrected chi connectivity index (χ4v) is 0.996. The van der Waals surface area contributed by atoms with Crippen LogP contribution in [-0.4, -0.2) is 14.0 Å². The quantitative estimate of drug-likeness (QED) is 0.530. The highest BCUT2D eigenvalue weighted by atomic mass is 32.2. The molecule has 0 heterocycles. The molecule has 0 aromatic rings. The van der Waals surface area contributed by atoms with Gasteiger partial charge in [-0.15, -0.1) is 0 Å². The number of hydrogen-bond acceptors (Lipinski definition) is 1. The Morgan fingerprint density at radius 1 is 1.38 bits per heavy atom. The zero-order chi connectivity index (χ0) is 5.98. The van der Waals surface area contributed by atoms with Crippen molar-refractivity contribution in [2.75, 3.05) is 0 Å². The second kappa shape index (κ2) is 2.24. The van der Waals surface area contributed by atoms with E-state index in [1.165, 1.54) is 0 Å². The normalized spacial score (nSPS) is 22.1. The summed E-state index contributed by atoms with van der Waals surface area (Å²) in [5.41, 5.74) is 0. The summed E-state index contributed by atoms with van der Waals surface area (Å²) in [6.07, 6.45) is 6.91. The maximum atomic E-state index is 10.2. The van der Waals surface area contributed by atoms with Gasteiger partial charge in [-0.25, -0.2) is 4.21 Å². The summed E-state index contributed by atoms with van der Waals surface area (Å²) < 4.78 is 18.6. The molecule has 0 spiro atoms. The standard InChI is InChI=1S/C5H6O2S/c6-8(7)5-3-1-2-4-5/h1-5H,(H,6,7). The monoisotopic (exact) mass is 130 g/mol. The van der Waals surface area contributed by atoms with Crippen LogP contribution >= 0.6 is 0 Å². The minimum atomic E-state index is -1.71. The van der Waals surface area contributed by atoms with Crippen LogP contribution in [0.5, 0.6) is 0 Å². The SMILES string of the molecule is O=S(O)C1C=CC=C1. The van der Waals surface area contributed by atoms with E-state index in [4.69, 9.17) is 4.55 Å². The second-order valence-electron chi connectivity index (χ2n) is 1.51. The summed E-state index contributed by atoms with van der Waals surface area (Å²) in [5, 5.41) is -0.269. The third-order valence-corrected chi connectivity index (χ3v) is 1.73. The van der Waals surface area contributed by atoms with Gasteiger partial charge in [-0.1, -0.05) is 24.3 Å². The Morgan fingerprint density at radius 3 is 2.12 bits per heavy atom. The third-order valence-electron chi connectivity index (χ3n) is 0.946. The second-order valence-corrected chi connectivity index (χ2v) is 2.61. The van der Waals surface area contributed by atoms with E-state index in [1.54, 1.807) is 24.3 Å². The van der Waals surface area contributed by atoms with Crippen LogP contribution in [0.4, 0.5) is 0 Å². The van der Waals surface area contributed by atoms with Crippen molar-refractivity contribution in [2.24, 2.45) is 0 Å². The topological polar surface area (TPSA) is 37.3 Å². The Hall–Kier alpha value is -0.410. The fourth-order valence-electron chi connectivity index (χ4n) is 0.546. The zero-order valence-electron chi connectivity index (χ0n) is 4.15. The van der Waals surface area contributed by atoms with Crippen molar-refractivity contribution in [1.82, 2.24) is 0 Å². The van der Waals surface area contributed by atoms with E-state index in [-0.39, 0.29) is 5.25 Å². The molecule has 1 N–H and O–H groups in total. The average molecular weight is 130 g/mol. The smallest absolute Gasteiger partial charge is 0.163 e. The number of allylic oxidation sites excluding steroid dienone is 2. The van der Waals surface area contributed by atoms with Crippen LogP contribution in [-0.2, 0) is 11.1 Å². The molecule has 0 fully saturated rings. The molecule has 1 atom stereocenters. The molecule has 0 aromatic carbocycles. The van der Waals surface area contributed by atoms with E-state index in [0.717, 1.165) is 0 Å². The summed E-state index contributed by atoms with van der Waals surface area (Å²) in [4.78, 5) is 0. The van der Waals surface area contributed by atoms with E-state index in [1.807, 2.05) is 0 Å². The number of hydrogen-bond donors (Lipinski definition) is 1. The van der Waals surface area contributed by atoms with Gasteiger partial charge in [0.25, 0.3) is 0 Å². The van der Waals surface area contributed by atoms with Crippen LogP contribution in [0, 0.1) is 0 Å². The first-order valence-electron chi connectivity index (χ1n) is 2.25.